The average Bonchev–Trinajstić information content (AvgIpc) is 3.65. The number of aromatic amines is 1. The summed E-state index contributed by atoms with van der Waals surface area (Å²) in [5.74, 6) is -1.35. The van der Waals surface area contributed by atoms with E-state index in [0.717, 1.165) is 16.7 Å². The number of ether oxygens (including phenoxy) is 5. The topological polar surface area (TPSA) is 105 Å². The van der Waals surface area contributed by atoms with Crippen LogP contribution in [0, 0.1) is 0 Å². The van der Waals surface area contributed by atoms with E-state index < -0.39 is 41.8 Å². The van der Waals surface area contributed by atoms with Gasteiger partial charge in [-0.3, -0.25) is 0 Å². The number of benzene rings is 3. The quantitative estimate of drug-likeness (QED) is 0.196. The second-order valence-corrected chi connectivity index (χ2v) is 11.0. The molecular formula is C34H36N2O6. The lowest BCUT2D eigenvalue weighted by molar-refractivity contribution is -0.196. The van der Waals surface area contributed by atoms with Gasteiger partial charge < -0.3 is 34.4 Å². The largest absolute Gasteiger partial charge is 0.461 e. The van der Waals surface area contributed by atoms with E-state index in [0.29, 0.717) is 5.56 Å². The van der Waals surface area contributed by atoms with Crippen LogP contribution >= 0.6 is 0 Å². The van der Waals surface area contributed by atoms with Crippen LogP contribution in [-0.2, 0) is 29.3 Å². The highest BCUT2D eigenvalue weighted by molar-refractivity contribution is 5.94. The monoisotopic (exact) mass is 568 g/mol. The van der Waals surface area contributed by atoms with Crippen molar-refractivity contribution in [2.24, 2.45) is 0 Å². The van der Waals surface area contributed by atoms with Gasteiger partial charge in [0, 0.05) is 11.8 Å². The summed E-state index contributed by atoms with van der Waals surface area (Å²) in [5.41, 5.74) is 9.60. The number of nitrogen functional groups attached to an aromatic ring is 1. The van der Waals surface area contributed by atoms with Gasteiger partial charge in [0.15, 0.2) is 5.79 Å². The average molecular weight is 569 g/mol. The summed E-state index contributed by atoms with van der Waals surface area (Å²) < 4.78 is 31.6. The summed E-state index contributed by atoms with van der Waals surface area (Å²) in [6.07, 6.45) is -0.266. The molecule has 0 saturated carbocycles. The number of nitrogens with one attached hydrogen (secondary N) is 1. The molecule has 0 bridgehead atoms. The smallest absolute Gasteiger partial charge is 0.356 e. The summed E-state index contributed by atoms with van der Waals surface area (Å²) >= 11 is 0. The first-order valence-corrected chi connectivity index (χ1v) is 14.3. The van der Waals surface area contributed by atoms with Crippen LogP contribution in [0.3, 0.4) is 0 Å². The second-order valence-electron chi connectivity index (χ2n) is 11.0. The molecule has 2 aliphatic heterocycles. The Morgan fingerprint density at radius 2 is 1.40 bits per heavy atom. The molecule has 8 nitrogen and oxygen atoms in total. The van der Waals surface area contributed by atoms with E-state index in [1.54, 1.807) is 13.1 Å². The van der Waals surface area contributed by atoms with Crippen molar-refractivity contribution in [1.82, 2.24) is 4.98 Å². The lowest BCUT2D eigenvalue weighted by Crippen LogP contribution is -2.39. The van der Waals surface area contributed by atoms with Crippen LogP contribution in [0.15, 0.2) is 97.2 Å². The molecule has 0 spiro atoms. The first-order valence-electron chi connectivity index (χ1n) is 14.3. The Morgan fingerprint density at radius 1 is 0.881 bits per heavy atom. The zero-order chi connectivity index (χ0) is 29.3. The molecule has 4 atom stereocenters. The van der Waals surface area contributed by atoms with Crippen molar-refractivity contribution in [3.8, 4) is 0 Å². The molecule has 2 saturated heterocycles. The number of fused-ring (bicyclic) bond motifs is 1. The van der Waals surface area contributed by atoms with E-state index in [9.17, 15) is 4.79 Å². The molecule has 218 valence electrons. The third-order valence-corrected chi connectivity index (χ3v) is 7.89. The van der Waals surface area contributed by atoms with Crippen LogP contribution in [0.5, 0.6) is 0 Å². The van der Waals surface area contributed by atoms with E-state index in [4.69, 9.17) is 29.4 Å². The maximum absolute atomic E-state index is 12.5. The third-order valence-electron chi connectivity index (χ3n) is 7.89. The standard InChI is InChI=1S/C34H36N2O6/c1-4-38-32(37)28-27(35)25(20-36-28)29-31-30(41-33(2,3)42-31)26(40-29)21-39-34(22-14-8-5-9-15-22,23-16-10-6-11-17-23)24-18-12-7-13-19-24/h5-20,26,29-31,36H,4,21,35H2,1-3H3/t26-,29+,30-,31+/m1/s1. The lowest BCUT2D eigenvalue weighted by Gasteiger charge is -2.37. The predicted molar refractivity (Wildman–Crippen MR) is 158 cm³/mol. The summed E-state index contributed by atoms with van der Waals surface area (Å²) in [6, 6.07) is 30.6. The fraction of sp³-hybridized carbons (Fsp3) is 0.324. The van der Waals surface area contributed by atoms with Gasteiger partial charge >= 0.3 is 5.97 Å². The van der Waals surface area contributed by atoms with E-state index in [1.807, 2.05) is 68.4 Å². The number of carbonyl (C=O) groups is 1. The fourth-order valence-electron chi connectivity index (χ4n) is 6.10. The van der Waals surface area contributed by atoms with Gasteiger partial charge in [0.25, 0.3) is 0 Å². The SMILES string of the molecule is CCOC(=O)c1[nH]cc([C@@H]2O[C@H](COC(c3ccccc3)(c3ccccc3)c3ccccc3)[C@H]3OC(C)(C)O[C@H]32)c1N. The molecule has 1 aromatic heterocycles. The van der Waals surface area contributed by atoms with Crippen LogP contribution in [0.2, 0.25) is 0 Å². The van der Waals surface area contributed by atoms with Crippen LogP contribution in [0.1, 0.15) is 59.6 Å². The molecule has 8 heteroatoms. The molecule has 0 unspecified atom stereocenters. The molecule has 6 rings (SSSR count). The van der Waals surface area contributed by atoms with Crippen LogP contribution in [0.25, 0.3) is 0 Å². The van der Waals surface area contributed by atoms with Crippen molar-refractivity contribution >= 4 is 11.7 Å². The number of aromatic nitrogens is 1. The first kappa shape index (κ1) is 28.2. The molecule has 3 heterocycles. The number of carbonyl (C=O) groups excluding carboxylic acids is 1. The van der Waals surface area contributed by atoms with Gasteiger partial charge in [-0.05, 0) is 37.5 Å². The van der Waals surface area contributed by atoms with Gasteiger partial charge in [0.05, 0.1) is 18.9 Å². The Morgan fingerprint density at radius 3 is 1.93 bits per heavy atom. The zero-order valence-electron chi connectivity index (χ0n) is 24.0. The molecule has 0 radical (unpaired) electrons. The minimum absolute atomic E-state index is 0.195. The van der Waals surface area contributed by atoms with E-state index in [1.165, 1.54) is 0 Å². The van der Waals surface area contributed by atoms with Crippen molar-refractivity contribution in [3.05, 3.63) is 125 Å². The molecule has 0 amide bonds. The van der Waals surface area contributed by atoms with E-state index in [-0.39, 0.29) is 24.6 Å². The minimum atomic E-state index is -0.917. The number of esters is 1. The summed E-state index contributed by atoms with van der Waals surface area (Å²) in [7, 11) is 0. The van der Waals surface area contributed by atoms with Gasteiger partial charge in [-0.1, -0.05) is 91.0 Å². The van der Waals surface area contributed by atoms with Gasteiger partial charge in [-0.25, -0.2) is 4.79 Å². The molecular weight excluding hydrogens is 532 g/mol. The Bertz CT molecular complexity index is 1410. The number of H-pyrrole nitrogens is 1. The highest BCUT2D eigenvalue weighted by Crippen LogP contribution is 2.48. The van der Waals surface area contributed by atoms with Crippen molar-refractivity contribution in [2.75, 3.05) is 18.9 Å². The van der Waals surface area contributed by atoms with Crippen molar-refractivity contribution < 1.29 is 28.5 Å². The molecule has 0 aliphatic carbocycles. The van der Waals surface area contributed by atoms with Crippen molar-refractivity contribution in [3.63, 3.8) is 0 Å². The van der Waals surface area contributed by atoms with Crippen molar-refractivity contribution in [1.29, 1.82) is 0 Å². The summed E-state index contributed by atoms with van der Waals surface area (Å²) in [5, 5.41) is 0. The van der Waals surface area contributed by atoms with Gasteiger partial charge in [0.1, 0.15) is 35.7 Å². The molecule has 3 aromatic carbocycles. The van der Waals surface area contributed by atoms with Crippen LogP contribution in [-0.4, -0.2) is 48.3 Å². The lowest BCUT2D eigenvalue weighted by atomic mass is 9.80. The Labute approximate surface area is 245 Å². The third kappa shape index (κ3) is 5.01. The molecule has 2 aliphatic rings. The van der Waals surface area contributed by atoms with Crippen LogP contribution < -0.4 is 5.73 Å². The van der Waals surface area contributed by atoms with Gasteiger partial charge in [0.2, 0.25) is 0 Å². The number of hydrogen-bond acceptors (Lipinski definition) is 7. The van der Waals surface area contributed by atoms with Gasteiger partial charge in [-0.15, -0.1) is 0 Å². The summed E-state index contributed by atoms with van der Waals surface area (Å²) in [6.45, 7) is 5.96. The Hall–Kier alpha value is -3.95. The Balaban J connectivity index is 1.37. The molecule has 3 N–H and O–H groups in total. The number of anilines is 1. The van der Waals surface area contributed by atoms with Crippen molar-refractivity contribution in [2.45, 2.75) is 56.6 Å². The summed E-state index contributed by atoms with van der Waals surface area (Å²) in [4.78, 5) is 15.4. The molecule has 4 aromatic rings. The molecule has 2 fully saturated rings. The normalized spacial score (nSPS) is 23.0. The zero-order valence-corrected chi connectivity index (χ0v) is 24.0. The van der Waals surface area contributed by atoms with Gasteiger partial charge in [-0.2, -0.15) is 0 Å². The second kappa shape index (κ2) is 11.4. The Kier molecular flexibility index (Phi) is 7.64. The number of hydrogen-bond donors (Lipinski definition) is 2. The highest BCUT2D eigenvalue weighted by atomic mass is 16.8. The fourth-order valence-corrected chi connectivity index (χ4v) is 6.10. The minimum Gasteiger partial charge on any atom is -0.461 e. The highest BCUT2D eigenvalue weighted by Gasteiger charge is 2.57. The maximum Gasteiger partial charge on any atom is 0.356 e. The van der Waals surface area contributed by atoms with Crippen LogP contribution in [0.4, 0.5) is 5.69 Å². The maximum atomic E-state index is 12.5. The number of nitrogens with two attached hydrogens (primary N) is 1. The van der Waals surface area contributed by atoms with E-state index >= 15 is 0 Å². The predicted octanol–water partition coefficient (Wildman–Crippen LogP) is 5.74. The molecule has 42 heavy (non-hydrogen) atoms. The number of rotatable bonds is 9. The first-order chi connectivity index (χ1) is 20.3. The van der Waals surface area contributed by atoms with E-state index in [2.05, 4.69) is 41.4 Å².